The van der Waals surface area contributed by atoms with E-state index >= 15 is 0 Å². The van der Waals surface area contributed by atoms with Gasteiger partial charge in [0.15, 0.2) is 5.60 Å². The van der Waals surface area contributed by atoms with Crippen LogP contribution < -0.4 is 0 Å². The Morgan fingerprint density at radius 1 is 1.57 bits per heavy atom. The van der Waals surface area contributed by atoms with Crippen LogP contribution in [0.3, 0.4) is 0 Å². The topological polar surface area (TPSA) is 58.0 Å². The summed E-state index contributed by atoms with van der Waals surface area (Å²) >= 11 is 1.68. The normalized spacial score (nSPS) is 24.8. The number of likely N-dealkylation sites (tertiary alicyclic amines) is 1. The minimum absolute atomic E-state index is 0.0195. The molecule has 1 fully saturated rings. The van der Waals surface area contributed by atoms with Crippen molar-refractivity contribution in [2.45, 2.75) is 51.3 Å². The van der Waals surface area contributed by atoms with Gasteiger partial charge in [0.05, 0.1) is 6.54 Å². The lowest BCUT2D eigenvalue weighted by Gasteiger charge is -2.37. The molecule has 1 atom stereocenters. The van der Waals surface area contributed by atoms with Gasteiger partial charge in [-0.15, -0.1) is 11.3 Å². The van der Waals surface area contributed by atoms with Crippen LogP contribution in [0.15, 0.2) is 16.7 Å². The zero-order chi connectivity index (χ0) is 16.4. The summed E-state index contributed by atoms with van der Waals surface area (Å²) in [5.41, 5.74) is 0.218. The fraction of sp³-hybridized carbons (Fsp3) is 0.688. The van der Waals surface area contributed by atoms with Crippen molar-refractivity contribution < 1.29 is 9.63 Å². The summed E-state index contributed by atoms with van der Waals surface area (Å²) in [7, 11) is 1.82. The molecule has 2 aliphatic heterocycles. The Balaban J connectivity index is 1.62. The Morgan fingerprint density at radius 2 is 2.39 bits per heavy atom. The van der Waals surface area contributed by atoms with Gasteiger partial charge in [-0.2, -0.15) is 0 Å². The van der Waals surface area contributed by atoms with Gasteiger partial charge in [-0.3, -0.25) is 9.69 Å². The third-order valence-electron chi connectivity index (χ3n) is 4.64. The minimum Gasteiger partial charge on any atom is -0.387 e. The second-order valence-electron chi connectivity index (χ2n) is 6.74. The van der Waals surface area contributed by atoms with Crippen molar-refractivity contribution >= 4 is 23.0 Å². The Labute approximate surface area is 141 Å². The molecule has 1 aromatic heterocycles. The molecule has 1 saturated heterocycles. The first-order chi connectivity index (χ1) is 11.0. The van der Waals surface area contributed by atoms with Gasteiger partial charge in [-0.25, -0.2) is 4.98 Å². The number of hydrogen-bond acceptors (Lipinski definition) is 6. The van der Waals surface area contributed by atoms with Crippen LogP contribution in [0.4, 0.5) is 0 Å². The lowest BCUT2D eigenvalue weighted by Crippen LogP contribution is -2.48. The Bertz CT molecular complexity index is 587. The summed E-state index contributed by atoms with van der Waals surface area (Å²) in [5.74, 6) is -0.0195. The third-order valence-corrected chi connectivity index (χ3v) is 5.41. The summed E-state index contributed by atoms with van der Waals surface area (Å²) in [5, 5.41) is 7.26. The maximum absolute atomic E-state index is 12.4. The van der Waals surface area contributed by atoms with E-state index < -0.39 is 0 Å². The molecular formula is C16H24N4O2S. The molecule has 0 unspecified atom stereocenters. The van der Waals surface area contributed by atoms with Gasteiger partial charge < -0.3 is 9.74 Å². The van der Waals surface area contributed by atoms with Crippen molar-refractivity contribution in [3.8, 4) is 0 Å². The molecule has 3 heterocycles. The lowest BCUT2D eigenvalue weighted by molar-refractivity contribution is -0.124. The van der Waals surface area contributed by atoms with Gasteiger partial charge >= 0.3 is 0 Å². The van der Waals surface area contributed by atoms with E-state index in [0.717, 1.165) is 37.5 Å². The van der Waals surface area contributed by atoms with Crippen molar-refractivity contribution in [2.24, 2.45) is 5.16 Å². The van der Waals surface area contributed by atoms with E-state index in [-0.39, 0.29) is 17.6 Å². The SMILES string of the molecule is CC(C)N(C)C(=O)C1=NO[C@]2(CCCN(Cc3nccs3)C2)C1. The summed E-state index contributed by atoms with van der Waals surface area (Å²) in [6.07, 6.45) is 4.46. The highest BCUT2D eigenvalue weighted by atomic mass is 32.1. The molecule has 0 radical (unpaired) electrons. The zero-order valence-electron chi connectivity index (χ0n) is 14.0. The number of aromatic nitrogens is 1. The van der Waals surface area contributed by atoms with E-state index in [0.29, 0.717) is 12.1 Å². The van der Waals surface area contributed by atoms with Crippen LogP contribution in [0.1, 0.15) is 38.1 Å². The van der Waals surface area contributed by atoms with Crippen LogP contribution in [0, 0.1) is 0 Å². The molecule has 0 saturated carbocycles. The van der Waals surface area contributed by atoms with Crippen LogP contribution in [-0.2, 0) is 16.2 Å². The summed E-state index contributed by atoms with van der Waals surface area (Å²) < 4.78 is 0. The van der Waals surface area contributed by atoms with Crippen LogP contribution in [-0.4, -0.2) is 58.2 Å². The molecule has 0 bridgehead atoms. The standard InChI is InChI=1S/C16H24N4O2S/c1-12(2)19(3)15(21)13-9-16(22-18-13)5-4-7-20(11-16)10-14-17-6-8-23-14/h6,8,12H,4-5,7,9-11H2,1-3H3/t16-/m1/s1. The molecule has 0 N–H and O–H groups in total. The molecule has 23 heavy (non-hydrogen) atoms. The maximum atomic E-state index is 12.4. The molecule has 0 aromatic carbocycles. The Morgan fingerprint density at radius 3 is 3.09 bits per heavy atom. The van der Waals surface area contributed by atoms with Crippen molar-refractivity contribution in [2.75, 3.05) is 20.1 Å². The van der Waals surface area contributed by atoms with Gasteiger partial charge in [0.2, 0.25) is 0 Å². The van der Waals surface area contributed by atoms with E-state index in [9.17, 15) is 4.79 Å². The first-order valence-corrected chi connectivity index (χ1v) is 9.00. The molecule has 2 aliphatic rings. The van der Waals surface area contributed by atoms with E-state index in [2.05, 4.69) is 15.0 Å². The smallest absolute Gasteiger partial charge is 0.271 e. The molecular weight excluding hydrogens is 312 g/mol. The largest absolute Gasteiger partial charge is 0.387 e. The van der Waals surface area contributed by atoms with Crippen molar-refractivity contribution in [3.05, 3.63) is 16.6 Å². The first-order valence-electron chi connectivity index (χ1n) is 8.12. The van der Waals surface area contributed by atoms with E-state index in [1.807, 2.05) is 32.5 Å². The molecule has 1 aromatic rings. The average molecular weight is 336 g/mol. The van der Waals surface area contributed by atoms with Crippen molar-refractivity contribution in [3.63, 3.8) is 0 Å². The minimum atomic E-state index is -0.335. The summed E-state index contributed by atoms with van der Waals surface area (Å²) in [6, 6.07) is 0.162. The van der Waals surface area contributed by atoms with Gasteiger partial charge in [0.1, 0.15) is 10.7 Å². The van der Waals surface area contributed by atoms with Crippen LogP contribution in [0.25, 0.3) is 0 Å². The lowest BCUT2D eigenvalue weighted by atomic mass is 9.88. The second-order valence-corrected chi connectivity index (χ2v) is 7.72. The number of amides is 1. The molecule has 126 valence electrons. The van der Waals surface area contributed by atoms with E-state index in [4.69, 9.17) is 4.84 Å². The summed E-state index contributed by atoms with van der Waals surface area (Å²) in [6.45, 7) is 6.69. The highest BCUT2D eigenvalue weighted by Crippen LogP contribution is 2.34. The number of piperidine rings is 1. The number of rotatable bonds is 4. The molecule has 3 rings (SSSR count). The van der Waals surface area contributed by atoms with Gasteiger partial charge in [0.25, 0.3) is 5.91 Å². The average Bonchev–Trinajstić information content (AvgIpc) is 3.16. The molecule has 7 heteroatoms. The van der Waals surface area contributed by atoms with Crippen molar-refractivity contribution in [1.82, 2.24) is 14.8 Å². The van der Waals surface area contributed by atoms with Gasteiger partial charge in [0, 0.05) is 37.6 Å². The highest BCUT2D eigenvalue weighted by molar-refractivity contribution is 7.09. The zero-order valence-corrected chi connectivity index (χ0v) is 14.8. The van der Waals surface area contributed by atoms with E-state index in [1.54, 1.807) is 16.2 Å². The van der Waals surface area contributed by atoms with Gasteiger partial charge in [-0.1, -0.05) is 5.16 Å². The number of carbonyl (C=O) groups excluding carboxylic acids is 1. The molecule has 1 spiro atoms. The predicted octanol–water partition coefficient (Wildman–Crippen LogP) is 2.12. The monoisotopic (exact) mass is 336 g/mol. The summed E-state index contributed by atoms with van der Waals surface area (Å²) in [4.78, 5) is 26.7. The number of hydrogen-bond donors (Lipinski definition) is 0. The predicted molar refractivity (Wildman–Crippen MR) is 90.4 cm³/mol. The number of nitrogens with zero attached hydrogens (tertiary/aromatic N) is 4. The van der Waals surface area contributed by atoms with Crippen LogP contribution >= 0.6 is 11.3 Å². The fourth-order valence-electron chi connectivity index (χ4n) is 3.14. The van der Waals surface area contributed by atoms with E-state index in [1.165, 1.54) is 0 Å². The number of carbonyl (C=O) groups is 1. The van der Waals surface area contributed by atoms with Crippen LogP contribution in [0.2, 0.25) is 0 Å². The Kier molecular flexibility index (Phi) is 4.68. The van der Waals surface area contributed by atoms with Gasteiger partial charge in [-0.05, 0) is 33.2 Å². The maximum Gasteiger partial charge on any atom is 0.271 e. The number of oxime groups is 1. The highest BCUT2D eigenvalue weighted by Gasteiger charge is 2.45. The van der Waals surface area contributed by atoms with Crippen molar-refractivity contribution in [1.29, 1.82) is 0 Å². The number of thiazole rings is 1. The quantitative estimate of drug-likeness (QED) is 0.845. The van der Waals surface area contributed by atoms with Crippen LogP contribution in [0.5, 0.6) is 0 Å². The second kappa shape index (κ2) is 6.57. The molecule has 6 nitrogen and oxygen atoms in total. The fourth-order valence-corrected chi connectivity index (χ4v) is 3.80. The first kappa shape index (κ1) is 16.4. The Hall–Kier alpha value is -1.47. The molecule has 0 aliphatic carbocycles. The molecule has 1 amide bonds. The third kappa shape index (κ3) is 3.55.